The van der Waals surface area contributed by atoms with Crippen molar-refractivity contribution < 1.29 is 13.9 Å². The van der Waals surface area contributed by atoms with Gasteiger partial charge in [0.25, 0.3) is 0 Å². The van der Waals surface area contributed by atoms with E-state index in [1.54, 1.807) is 0 Å². The second-order valence-corrected chi connectivity index (χ2v) is 7.17. The summed E-state index contributed by atoms with van der Waals surface area (Å²) in [6.45, 7) is 6.53. The number of rotatable bonds is 6. The highest BCUT2D eigenvalue weighted by atomic mass is 32.1. The van der Waals surface area contributed by atoms with Crippen LogP contribution in [0.4, 0.5) is 5.69 Å². The highest BCUT2D eigenvalue weighted by molar-refractivity contribution is 7.80. The fourth-order valence-electron chi connectivity index (χ4n) is 2.70. The Morgan fingerprint density at radius 3 is 2.64 bits per heavy atom. The van der Waals surface area contributed by atoms with Crippen LogP contribution in [-0.4, -0.2) is 22.6 Å². The van der Waals surface area contributed by atoms with Crippen molar-refractivity contribution in [3.63, 3.8) is 0 Å². The molecule has 2 N–H and O–H groups in total. The molecule has 0 aliphatic carbocycles. The molecule has 146 valence electrons. The number of carbonyl (C=O) groups is 1. The first-order chi connectivity index (χ1) is 13.4. The van der Waals surface area contributed by atoms with E-state index >= 15 is 0 Å². The summed E-state index contributed by atoms with van der Waals surface area (Å²) in [5.74, 6) is 1.51. The number of thiocarbonyl (C=S) groups is 1. The Hall–Kier alpha value is -2.93. The van der Waals surface area contributed by atoms with Crippen LogP contribution >= 0.6 is 12.2 Å². The average molecular weight is 398 g/mol. The Balaban J connectivity index is 1.72. The van der Waals surface area contributed by atoms with Crippen LogP contribution < -0.4 is 15.4 Å². The molecule has 0 unspecified atom stereocenters. The summed E-state index contributed by atoms with van der Waals surface area (Å²) in [6.07, 6.45) is 0.426. The van der Waals surface area contributed by atoms with Gasteiger partial charge in [-0.15, -0.1) is 0 Å². The van der Waals surface area contributed by atoms with Gasteiger partial charge in [0, 0.05) is 17.7 Å². The lowest BCUT2D eigenvalue weighted by atomic mass is 10.1. The van der Waals surface area contributed by atoms with E-state index in [-0.39, 0.29) is 16.9 Å². The number of oxazole rings is 1. The normalized spacial score (nSPS) is 10.9. The molecule has 6 nitrogen and oxygen atoms in total. The molecule has 0 atom stereocenters. The molecule has 1 aromatic heterocycles. The van der Waals surface area contributed by atoms with E-state index in [2.05, 4.69) is 15.6 Å². The number of hydrogen-bond donors (Lipinski definition) is 2. The zero-order valence-corrected chi connectivity index (χ0v) is 16.9. The standard InChI is InChI=1S/C21H23N3O3S/c1-4-26-16-8-5-14(6-9-16)20-23-17-12-15(7-10-18(17)27-20)22-21(28)24-19(25)11-13(2)3/h5-10,12-13H,4,11H2,1-3H3,(H2,22,24,25,28). The monoisotopic (exact) mass is 397 g/mol. The number of nitrogens with zero attached hydrogens (tertiary/aromatic N) is 1. The van der Waals surface area contributed by atoms with Crippen molar-refractivity contribution in [1.29, 1.82) is 0 Å². The molecule has 0 aliphatic heterocycles. The Bertz CT molecular complexity index is 980. The van der Waals surface area contributed by atoms with Gasteiger partial charge in [0.15, 0.2) is 10.7 Å². The third-order valence-electron chi connectivity index (χ3n) is 3.90. The maximum Gasteiger partial charge on any atom is 0.227 e. The number of hydrogen-bond acceptors (Lipinski definition) is 5. The van der Waals surface area contributed by atoms with Crippen molar-refractivity contribution in [3.05, 3.63) is 42.5 Å². The number of anilines is 1. The number of aromatic nitrogens is 1. The summed E-state index contributed by atoms with van der Waals surface area (Å²) in [5, 5.41) is 5.95. The maximum absolute atomic E-state index is 11.8. The van der Waals surface area contributed by atoms with Crippen molar-refractivity contribution in [2.75, 3.05) is 11.9 Å². The zero-order chi connectivity index (χ0) is 20.1. The van der Waals surface area contributed by atoms with Crippen LogP contribution in [0.1, 0.15) is 27.2 Å². The number of amides is 1. The summed E-state index contributed by atoms with van der Waals surface area (Å²) in [6, 6.07) is 13.1. The molecule has 0 bridgehead atoms. The van der Waals surface area contributed by atoms with Gasteiger partial charge in [0.2, 0.25) is 11.8 Å². The summed E-state index contributed by atoms with van der Waals surface area (Å²) in [7, 11) is 0. The first kappa shape index (κ1) is 19.8. The predicted octanol–water partition coefficient (Wildman–Crippen LogP) is 4.75. The largest absolute Gasteiger partial charge is 0.494 e. The third-order valence-corrected chi connectivity index (χ3v) is 4.11. The van der Waals surface area contributed by atoms with Crippen LogP contribution in [0.15, 0.2) is 46.9 Å². The predicted molar refractivity (Wildman–Crippen MR) is 114 cm³/mol. The van der Waals surface area contributed by atoms with Gasteiger partial charge in [0.1, 0.15) is 11.3 Å². The molecule has 28 heavy (non-hydrogen) atoms. The summed E-state index contributed by atoms with van der Waals surface area (Å²) >= 11 is 5.20. The van der Waals surface area contributed by atoms with Gasteiger partial charge in [-0.05, 0) is 67.5 Å². The van der Waals surface area contributed by atoms with E-state index in [4.69, 9.17) is 21.4 Å². The molecular weight excluding hydrogens is 374 g/mol. The van der Waals surface area contributed by atoms with E-state index in [9.17, 15) is 4.79 Å². The molecule has 0 saturated carbocycles. The number of carbonyl (C=O) groups excluding carboxylic acids is 1. The lowest BCUT2D eigenvalue weighted by molar-refractivity contribution is -0.120. The minimum Gasteiger partial charge on any atom is -0.494 e. The van der Waals surface area contributed by atoms with Crippen LogP contribution in [0, 0.1) is 5.92 Å². The second-order valence-electron chi connectivity index (χ2n) is 6.76. The second kappa shape index (κ2) is 8.84. The quantitative estimate of drug-likeness (QED) is 0.585. The zero-order valence-electron chi connectivity index (χ0n) is 16.1. The lowest BCUT2D eigenvalue weighted by Crippen LogP contribution is -2.34. The first-order valence-electron chi connectivity index (χ1n) is 9.19. The molecule has 0 spiro atoms. The fraction of sp³-hybridized carbons (Fsp3) is 0.286. The summed E-state index contributed by atoms with van der Waals surface area (Å²) in [4.78, 5) is 16.4. The number of fused-ring (bicyclic) bond motifs is 1. The van der Waals surface area contributed by atoms with Gasteiger partial charge in [-0.1, -0.05) is 13.8 Å². The lowest BCUT2D eigenvalue weighted by Gasteiger charge is -2.10. The van der Waals surface area contributed by atoms with Gasteiger partial charge in [0.05, 0.1) is 6.61 Å². The molecule has 3 aromatic rings. The fourth-order valence-corrected chi connectivity index (χ4v) is 2.93. The van der Waals surface area contributed by atoms with Crippen LogP contribution in [0.3, 0.4) is 0 Å². The SMILES string of the molecule is CCOc1ccc(-c2nc3cc(NC(=S)NC(=O)CC(C)C)ccc3o2)cc1. The van der Waals surface area contributed by atoms with E-state index in [0.29, 0.717) is 30.0 Å². The molecule has 1 amide bonds. The van der Waals surface area contributed by atoms with Crippen LogP contribution in [-0.2, 0) is 4.79 Å². The number of ether oxygens (including phenoxy) is 1. The average Bonchev–Trinajstić information content (AvgIpc) is 3.05. The van der Waals surface area contributed by atoms with E-state index < -0.39 is 0 Å². The summed E-state index contributed by atoms with van der Waals surface area (Å²) < 4.78 is 11.3. The van der Waals surface area contributed by atoms with Crippen LogP contribution in [0.5, 0.6) is 5.75 Å². The topological polar surface area (TPSA) is 76.4 Å². The van der Waals surface area contributed by atoms with Crippen molar-refractivity contribution in [2.45, 2.75) is 27.2 Å². The molecule has 1 heterocycles. The van der Waals surface area contributed by atoms with Gasteiger partial charge in [-0.2, -0.15) is 0 Å². The van der Waals surface area contributed by atoms with Crippen LogP contribution in [0.2, 0.25) is 0 Å². The van der Waals surface area contributed by atoms with Crippen molar-refractivity contribution in [3.8, 4) is 17.2 Å². The Kier molecular flexibility index (Phi) is 6.26. The van der Waals surface area contributed by atoms with Gasteiger partial charge in [-0.25, -0.2) is 4.98 Å². The Labute approximate surface area is 169 Å². The molecular formula is C21H23N3O3S. The highest BCUT2D eigenvalue weighted by Crippen LogP contribution is 2.27. The molecule has 0 saturated heterocycles. The highest BCUT2D eigenvalue weighted by Gasteiger charge is 2.11. The van der Waals surface area contributed by atoms with Crippen molar-refractivity contribution in [1.82, 2.24) is 10.3 Å². The van der Waals surface area contributed by atoms with E-state index in [1.165, 1.54) is 0 Å². The third kappa shape index (κ3) is 5.07. The minimum absolute atomic E-state index is 0.104. The minimum atomic E-state index is -0.104. The van der Waals surface area contributed by atoms with Crippen molar-refractivity contribution >= 4 is 40.0 Å². The Morgan fingerprint density at radius 1 is 1.21 bits per heavy atom. The van der Waals surface area contributed by atoms with E-state index in [1.807, 2.05) is 63.2 Å². The number of nitrogens with one attached hydrogen (secondary N) is 2. The molecule has 0 radical (unpaired) electrons. The molecule has 0 aliphatic rings. The van der Waals surface area contributed by atoms with Gasteiger partial charge in [-0.3, -0.25) is 4.79 Å². The first-order valence-corrected chi connectivity index (χ1v) is 9.60. The Morgan fingerprint density at radius 2 is 1.96 bits per heavy atom. The van der Waals surface area contributed by atoms with Gasteiger partial charge >= 0.3 is 0 Å². The molecule has 7 heteroatoms. The van der Waals surface area contributed by atoms with Crippen LogP contribution in [0.25, 0.3) is 22.6 Å². The molecule has 0 fully saturated rings. The van der Waals surface area contributed by atoms with Gasteiger partial charge < -0.3 is 19.8 Å². The van der Waals surface area contributed by atoms with E-state index in [0.717, 1.165) is 17.0 Å². The number of benzene rings is 2. The maximum atomic E-state index is 11.8. The molecule has 3 rings (SSSR count). The molecule has 2 aromatic carbocycles. The smallest absolute Gasteiger partial charge is 0.227 e. The summed E-state index contributed by atoms with van der Waals surface area (Å²) in [5.41, 5.74) is 2.97. The van der Waals surface area contributed by atoms with Crippen molar-refractivity contribution in [2.24, 2.45) is 5.92 Å².